The van der Waals surface area contributed by atoms with Crippen LogP contribution >= 0.6 is 0 Å². The Hall–Kier alpha value is -1.93. The summed E-state index contributed by atoms with van der Waals surface area (Å²) in [6.45, 7) is 1.61. The number of nitrogens with zero attached hydrogens (tertiary/aromatic N) is 2. The molecule has 0 unspecified atom stereocenters. The Morgan fingerprint density at radius 1 is 1.80 bits per heavy atom. The number of carbonyl (C=O) groups is 1. The van der Waals surface area contributed by atoms with Crippen LogP contribution in [0.4, 0.5) is 0 Å². The average Bonchev–Trinajstić information content (AvgIpc) is 2.26. The van der Waals surface area contributed by atoms with Gasteiger partial charge in [0.05, 0.1) is 6.61 Å². The first-order valence-electron chi connectivity index (χ1n) is 4.33. The van der Waals surface area contributed by atoms with E-state index in [1.54, 1.807) is 12.1 Å². The molecule has 1 aromatic rings. The normalized spacial score (nSPS) is 11.7. The summed E-state index contributed by atoms with van der Waals surface area (Å²) in [6.07, 6.45) is 0.631. The number of carboxylic acid groups (broad SMARTS) is 1. The number of hydrogen-bond acceptors (Lipinski definition) is 4. The van der Waals surface area contributed by atoms with Gasteiger partial charge < -0.3 is 9.84 Å². The first-order valence-corrected chi connectivity index (χ1v) is 4.33. The molecule has 0 fully saturated rings. The predicted molar refractivity (Wildman–Crippen MR) is 50.8 cm³/mol. The van der Waals surface area contributed by atoms with Crippen molar-refractivity contribution in [1.29, 1.82) is 5.26 Å². The summed E-state index contributed by atoms with van der Waals surface area (Å²) in [4.78, 5) is 14.2. The van der Waals surface area contributed by atoms with Gasteiger partial charge in [-0.15, -0.1) is 0 Å². The van der Waals surface area contributed by atoms with Crippen molar-refractivity contribution in [3.05, 3.63) is 29.6 Å². The molecule has 15 heavy (non-hydrogen) atoms. The van der Waals surface area contributed by atoms with Crippen molar-refractivity contribution in [3.63, 3.8) is 0 Å². The number of nitriles is 1. The third-order valence-corrected chi connectivity index (χ3v) is 1.79. The summed E-state index contributed by atoms with van der Waals surface area (Å²) in [5.74, 6) is -1.01. The quantitative estimate of drug-likeness (QED) is 0.792. The van der Waals surface area contributed by atoms with E-state index in [2.05, 4.69) is 4.98 Å². The molecular formula is C10H10N2O3. The maximum atomic E-state index is 10.5. The second kappa shape index (κ2) is 5.08. The molecule has 0 saturated heterocycles. The van der Waals surface area contributed by atoms with E-state index in [4.69, 9.17) is 15.1 Å². The van der Waals surface area contributed by atoms with E-state index < -0.39 is 12.1 Å². The monoisotopic (exact) mass is 206 g/mol. The fraction of sp³-hybridized carbons (Fsp3) is 0.300. The van der Waals surface area contributed by atoms with Gasteiger partial charge in [-0.3, -0.25) is 0 Å². The summed E-state index contributed by atoms with van der Waals surface area (Å²) < 4.78 is 5.05. The van der Waals surface area contributed by atoms with E-state index in [0.717, 1.165) is 5.56 Å². The molecule has 0 saturated carbocycles. The molecule has 1 atom stereocenters. The maximum absolute atomic E-state index is 10.5. The van der Waals surface area contributed by atoms with Gasteiger partial charge in [-0.2, -0.15) is 5.26 Å². The first kappa shape index (κ1) is 11.1. The Bertz CT molecular complexity index is 398. The average molecular weight is 206 g/mol. The minimum absolute atomic E-state index is 0.157. The SMILES string of the molecule is C[C@@H](OCc1ccnc(C#N)c1)C(=O)O. The number of ether oxygens (including phenoxy) is 1. The molecule has 78 valence electrons. The van der Waals surface area contributed by atoms with Gasteiger partial charge in [0.25, 0.3) is 0 Å². The van der Waals surface area contributed by atoms with E-state index in [1.165, 1.54) is 13.1 Å². The second-order valence-electron chi connectivity index (χ2n) is 2.95. The van der Waals surface area contributed by atoms with Crippen molar-refractivity contribution in [1.82, 2.24) is 4.98 Å². The molecule has 0 aliphatic carbocycles. The Morgan fingerprint density at radius 3 is 3.13 bits per heavy atom. The van der Waals surface area contributed by atoms with Crippen molar-refractivity contribution >= 4 is 5.97 Å². The number of aliphatic carboxylic acids is 1. The Morgan fingerprint density at radius 2 is 2.53 bits per heavy atom. The standard InChI is InChI=1S/C10H10N2O3/c1-7(10(13)14)15-6-8-2-3-12-9(4-8)5-11/h2-4,7H,6H2,1H3,(H,13,14)/t7-/m1/s1. The fourth-order valence-corrected chi connectivity index (χ4v) is 0.918. The zero-order chi connectivity index (χ0) is 11.3. The zero-order valence-corrected chi connectivity index (χ0v) is 8.17. The molecule has 5 heteroatoms. The van der Waals surface area contributed by atoms with Crippen molar-refractivity contribution in [2.24, 2.45) is 0 Å². The molecule has 5 nitrogen and oxygen atoms in total. The fourth-order valence-electron chi connectivity index (χ4n) is 0.918. The number of rotatable bonds is 4. The van der Waals surface area contributed by atoms with Crippen LogP contribution in [0.25, 0.3) is 0 Å². The van der Waals surface area contributed by atoms with Crippen LogP contribution in [-0.2, 0) is 16.1 Å². The minimum atomic E-state index is -1.01. The molecule has 0 amide bonds. The first-order chi connectivity index (χ1) is 7.13. The third-order valence-electron chi connectivity index (χ3n) is 1.79. The van der Waals surface area contributed by atoms with Gasteiger partial charge in [-0.1, -0.05) is 0 Å². The molecule has 1 aromatic heterocycles. The van der Waals surface area contributed by atoms with E-state index in [1.807, 2.05) is 6.07 Å². The maximum Gasteiger partial charge on any atom is 0.332 e. The lowest BCUT2D eigenvalue weighted by molar-refractivity contribution is -0.149. The number of pyridine rings is 1. The molecule has 0 spiro atoms. The lowest BCUT2D eigenvalue weighted by Crippen LogP contribution is -2.19. The molecular weight excluding hydrogens is 196 g/mol. The minimum Gasteiger partial charge on any atom is -0.479 e. The topological polar surface area (TPSA) is 83.2 Å². The van der Waals surface area contributed by atoms with Crippen LogP contribution < -0.4 is 0 Å². The van der Waals surface area contributed by atoms with Crippen LogP contribution in [0.2, 0.25) is 0 Å². The van der Waals surface area contributed by atoms with Gasteiger partial charge in [0.15, 0.2) is 6.10 Å². The van der Waals surface area contributed by atoms with Crippen LogP contribution in [0.3, 0.4) is 0 Å². The van der Waals surface area contributed by atoms with Crippen molar-refractivity contribution in [3.8, 4) is 6.07 Å². The van der Waals surface area contributed by atoms with Crippen LogP contribution in [0.1, 0.15) is 18.2 Å². The largest absolute Gasteiger partial charge is 0.479 e. The summed E-state index contributed by atoms with van der Waals surface area (Å²) in [5, 5.41) is 17.2. The third kappa shape index (κ3) is 3.37. The summed E-state index contributed by atoms with van der Waals surface area (Å²) in [7, 11) is 0. The van der Waals surface area contributed by atoms with E-state index in [-0.39, 0.29) is 6.61 Å². The lowest BCUT2D eigenvalue weighted by Gasteiger charge is -2.07. The lowest BCUT2D eigenvalue weighted by atomic mass is 10.2. The highest BCUT2D eigenvalue weighted by Gasteiger charge is 2.10. The zero-order valence-electron chi connectivity index (χ0n) is 8.17. The van der Waals surface area contributed by atoms with Gasteiger partial charge in [-0.05, 0) is 24.6 Å². The number of aromatic nitrogens is 1. The van der Waals surface area contributed by atoms with Gasteiger partial charge in [0.2, 0.25) is 0 Å². The van der Waals surface area contributed by atoms with E-state index >= 15 is 0 Å². The molecule has 0 radical (unpaired) electrons. The Labute approximate surface area is 86.9 Å². The van der Waals surface area contributed by atoms with Crippen LogP contribution in [-0.4, -0.2) is 22.2 Å². The summed E-state index contributed by atoms with van der Waals surface area (Å²) in [5.41, 5.74) is 1.02. The summed E-state index contributed by atoms with van der Waals surface area (Å²) in [6, 6.07) is 5.13. The molecule has 0 aromatic carbocycles. The molecule has 0 aliphatic heterocycles. The Balaban J connectivity index is 2.58. The van der Waals surface area contributed by atoms with Crippen molar-refractivity contribution in [2.75, 3.05) is 0 Å². The van der Waals surface area contributed by atoms with Crippen LogP contribution in [0.15, 0.2) is 18.3 Å². The van der Waals surface area contributed by atoms with E-state index in [9.17, 15) is 4.79 Å². The molecule has 1 rings (SSSR count). The highest BCUT2D eigenvalue weighted by atomic mass is 16.5. The second-order valence-corrected chi connectivity index (χ2v) is 2.95. The smallest absolute Gasteiger partial charge is 0.332 e. The van der Waals surface area contributed by atoms with Crippen molar-refractivity contribution in [2.45, 2.75) is 19.6 Å². The predicted octanol–water partition coefficient (Wildman–Crippen LogP) is 0.943. The number of carboxylic acids is 1. The van der Waals surface area contributed by atoms with Crippen LogP contribution in [0, 0.1) is 11.3 Å². The molecule has 1 heterocycles. The van der Waals surface area contributed by atoms with Gasteiger partial charge in [-0.25, -0.2) is 9.78 Å². The number of hydrogen-bond donors (Lipinski definition) is 1. The Kier molecular flexibility index (Phi) is 3.77. The highest BCUT2D eigenvalue weighted by Crippen LogP contribution is 2.04. The summed E-state index contributed by atoms with van der Waals surface area (Å²) >= 11 is 0. The van der Waals surface area contributed by atoms with Crippen LogP contribution in [0.5, 0.6) is 0 Å². The van der Waals surface area contributed by atoms with Gasteiger partial charge in [0.1, 0.15) is 11.8 Å². The van der Waals surface area contributed by atoms with Gasteiger partial charge >= 0.3 is 5.97 Å². The molecule has 1 N–H and O–H groups in total. The highest BCUT2D eigenvalue weighted by molar-refractivity contribution is 5.71. The molecule has 0 aliphatic rings. The van der Waals surface area contributed by atoms with Crippen molar-refractivity contribution < 1.29 is 14.6 Å². The van der Waals surface area contributed by atoms with E-state index in [0.29, 0.717) is 5.69 Å². The van der Waals surface area contributed by atoms with Gasteiger partial charge in [0, 0.05) is 6.20 Å². The molecule has 0 bridgehead atoms.